The minimum atomic E-state index is 0.124. The van der Waals surface area contributed by atoms with Crippen LogP contribution in [0, 0.1) is 0 Å². The zero-order chi connectivity index (χ0) is 24.7. The molecule has 0 atom stereocenters. The van der Waals surface area contributed by atoms with E-state index in [1.54, 1.807) is 0 Å². The molecule has 0 aliphatic carbocycles. The van der Waals surface area contributed by atoms with Gasteiger partial charge < -0.3 is 9.80 Å². The molecule has 0 N–H and O–H groups in total. The predicted octanol–water partition coefficient (Wildman–Crippen LogP) is 5.15. The van der Waals surface area contributed by atoms with Crippen LogP contribution in [0.4, 0.5) is 5.82 Å². The summed E-state index contributed by atoms with van der Waals surface area (Å²) in [6, 6.07) is 23.3. The third-order valence-electron chi connectivity index (χ3n) is 6.93. The van der Waals surface area contributed by atoms with E-state index in [-0.39, 0.29) is 11.9 Å². The fourth-order valence-electron chi connectivity index (χ4n) is 5.07. The van der Waals surface area contributed by atoms with Crippen molar-refractivity contribution in [2.75, 3.05) is 49.9 Å². The van der Waals surface area contributed by atoms with Crippen LogP contribution in [0.5, 0.6) is 0 Å². The molecule has 188 valence electrons. The molecular weight excluding hydrogens is 490 g/mol. The van der Waals surface area contributed by atoms with E-state index >= 15 is 0 Å². The van der Waals surface area contributed by atoms with Crippen LogP contribution in [-0.2, 0) is 4.79 Å². The van der Waals surface area contributed by atoms with Crippen molar-refractivity contribution in [2.45, 2.75) is 30.5 Å². The van der Waals surface area contributed by atoms with Crippen LogP contribution >= 0.6 is 23.4 Å². The second-order valence-electron chi connectivity index (χ2n) is 9.31. The maximum Gasteiger partial charge on any atom is 0.233 e. The van der Waals surface area contributed by atoms with Crippen molar-refractivity contribution >= 4 is 35.1 Å². The van der Waals surface area contributed by atoms with Crippen molar-refractivity contribution in [3.8, 4) is 0 Å². The highest BCUT2D eigenvalue weighted by molar-refractivity contribution is 7.99. The number of rotatable bonds is 7. The Morgan fingerprint density at radius 3 is 2.06 bits per heavy atom. The first-order chi connectivity index (χ1) is 17.7. The summed E-state index contributed by atoms with van der Waals surface area (Å²) in [6.45, 7) is 5.08. The minimum absolute atomic E-state index is 0.124. The van der Waals surface area contributed by atoms with Gasteiger partial charge in [0.05, 0.1) is 11.8 Å². The molecule has 1 aromatic heterocycles. The molecule has 2 aliphatic heterocycles. The molecule has 6 nitrogen and oxygen atoms in total. The van der Waals surface area contributed by atoms with Crippen LogP contribution in [0.2, 0.25) is 5.15 Å². The van der Waals surface area contributed by atoms with E-state index in [2.05, 4.69) is 75.4 Å². The molecule has 2 fully saturated rings. The average Bonchev–Trinajstić information content (AvgIpc) is 2.94. The average molecular weight is 522 g/mol. The molecule has 2 saturated heterocycles. The molecule has 36 heavy (non-hydrogen) atoms. The van der Waals surface area contributed by atoms with Gasteiger partial charge in [-0.3, -0.25) is 9.69 Å². The lowest BCUT2D eigenvalue weighted by atomic mass is 9.96. The van der Waals surface area contributed by atoms with Crippen molar-refractivity contribution < 1.29 is 4.79 Å². The number of piperidine rings is 1. The maximum absolute atomic E-state index is 13.0. The van der Waals surface area contributed by atoms with Gasteiger partial charge in [0.1, 0.15) is 11.0 Å². The molecule has 0 spiro atoms. The number of carbonyl (C=O) groups is 1. The second kappa shape index (κ2) is 12.1. The summed E-state index contributed by atoms with van der Waals surface area (Å²) >= 11 is 7.67. The number of anilines is 1. The minimum Gasteiger partial charge on any atom is -0.356 e. The van der Waals surface area contributed by atoms with Gasteiger partial charge in [0, 0.05) is 45.3 Å². The zero-order valence-corrected chi connectivity index (χ0v) is 22.0. The van der Waals surface area contributed by atoms with Crippen molar-refractivity contribution in [1.29, 1.82) is 0 Å². The Balaban J connectivity index is 1.19. The number of piperazine rings is 1. The van der Waals surface area contributed by atoms with E-state index in [0.29, 0.717) is 29.2 Å². The standard InChI is InChI=1S/C28H32ClN5OS/c29-24-20-25(32-14-8-3-9-15-32)31-28(30-24)36-21-26(35)33-16-18-34(19-17-33)27(22-10-4-1-5-11-22)23-12-6-2-7-13-23/h1-2,4-7,10-13,20,27H,3,8-9,14-19,21H2. The molecule has 5 rings (SSSR count). The molecule has 2 aliphatic rings. The molecule has 3 aromatic rings. The molecular formula is C28H32ClN5OS. The Bertz CT molecular complexity index is 1100. The Hall–Kier alpha value is -2.61. The lowest BCUT2D eigenvalue weighted by Crippen LogP contribution is -2.50. The molecule has 1 amide bonds. The first-order valence-corrected chi connectivity index (χ1v) is 14.1. The van der Waals surface area contributed by atoms with Crippen LogP contribution in [0.15, 0.2) is 71.9 Å². The van der Waals surface area contributed by atoms with Gasteiger partial charge in [0.2, 0.25) is 5.91 Å². The van der Waals surface area contributed by atoms with Gasteiger partial charge in [-0.05, 0) is 30.4 Å². The normalized spacial score (nSPS) is 16.9. The van der Waals surface area contributed by atoms with Crippen LogP contribution < -0.4 is 4.90 Å². The van der Waals surface area contributed by atoms with Gasteiger partial charge in [0.15, 0.2) is 5.16 Å². The molecule has 2 aromatic carbocycles. The molecule has 0 bridgehead atoms. The Kier molecular flexibility index (Phi) is 8.41. The van der Waals surface area contributed by atoms with Crippen molar-refractivity contribution in [2.24, 2.45) is 0 Å². The molecule has 3 heterocycles. The van der Waals surface area contributed by atoms with Crippen LogP contribution in [0.25, 0.3) is 0 Å². The van der Waals surface area contributed by atoms with Gasteiger partial charge in [0.25, 0.3) is 0 Å². The highest BCUT2D eigenvalue weighted by Crippen LogP contribution is 2.30. The third kappa shape index (κ3) is 6.20. The van der Waals surface area contributed by atoms with Gasteiger partial charge in [-0.1, -0.05) is 84.0 Å². The molecule has 8 heteroatoms. The van der Waals surface area contributed by atoms with Gasteiger partial charge in [-0.25, -0.2) is 9.97 Å². The third-order valence-corrected chi connectivity index (χ3v) is 7.95. The van der Waals surface area contributed by atoms with Crippen molar-refractivity contribution in [3.05, 3.63) is 83.0 Å². The smallest absolute Gasteiger partial charge is 0.233 e. The molecule has 0 radical (unpaired) electrons. The summed E-state index contributed by atoms with van der Waals surface area (Å²) in [7, 11) is 0. The van der Waals surface area contributed by atoms with Gasteiger partial charge >= 0.3 is 0 Å². The summed E-state index contributed by atoms with van der Waals surface area (Å²) < 4.78 is 0. The van der Waals surface area contributed by atoms with Crippen LogP contribution in [0.1, 0.15) is 36.4 Å². The Morgan fingerprint density at radius 1 is 0.833 bits per heavy atom. The Labute approximate surface area is 222 Å². The maximum atomic E-state index is 13.0. The summed E-state index contributed by atoms with van der Waals surface area (Å²) in [5.74, 6) is 1.31. The number of aromatic nitrogens is 2. The number of carbonyl (C=O) groups excluding carboxylic acids is 1. The molecule has 0 unspecified atom stereocenters. The first kappa shape index (κ1) is 25.1. The zero-order valence-electron chi connectivity index (χ0n) is 20.4. The predicted molar refractivity (Wildman–Crippen MR) is 147 cm³/mol. The van der Waals surface area contributed by atoms with E-state index < -0.39 is 0 Å². The fourth-order valence-corrected chi connectivity index (χ4v) is 6.05. The number of amides is 1. The number of thioether (sulfide) groups is 1. The monoisotopic (exact) mass is 521 g/mol. The van der Waals surface area contributed by atoms with E-state index in [1.807, 2.05) is 11.0 Å². The SMILES string of the molecule is O=C(CSc1nc(Cl)cc(N2CCCCC2)n1)N1CCN(C(c2ccccc2)c2ccccc2)CC1. The van der Waals surface area contributed by atoms with E-state index in [4.69, 9.17) is 16.6 Å². The van der Waals surface area contributed by atoms with E-state index in [9.17, 15) is 4.79 Å². The van der Waals surface area contributed by atoms with Crippen molar-refractivity contribution in [3.63, 3.8) is 0 Å². The lowest BCUT2D eigenvalue weighted by Gasteiger charge is -2.39. The topological polar surface area (TPSA) is 52.6 Å². The number of nitrogens with zero attached hydrogens (tertiary/aromatic N) is 5. The van der Waals surface area contributed by atoms with Gasteiger partial charge in [-0.15, -0.1) is 0 Å². The molecule has 0 saturated carbocycles. The highest BCUT2D eigenvalue weighted by atomic mass is 35.5. The quantitative estimate of drug-likeness (QED) is 0.243. The van der Waals surface area contributed by atoms with Gasteiger partial charge in [-0.2, -0.15) is 0 Å². The fraction of sp³-hybridized carbons (Fsp3) is 0.393. The summed E-state index contributed by atoms with van der Waals surface area (Å²) in [5.41, 5.74) is 2.56. The number of halogens is 1. The Morgan fingerprint density at radius 2 is 1.44 bits per heavy atom. The summed E-state index contributed by atoms with van der Waals surface area (Å²) in [6.07, 6.45) is 3.60. The highest BCUT2D eigenvalue weighted by Gasteiger charge is 2.28. The van der Waals surface area contributed by atoms with E-state index in [1.165, 1.54) is 42.2 Å². The number of hydrogen-bond donors (Lipinski definition) is 0. The number of benzene rings is 2. The second-order valence-corrected chi connectivity index (χ2v) is 10.6. The van der Waals surface area contributed by atoms with Crippen LogP contribution in [0.3, 0.4) is 0 Å². The van der Waals surface area contributed by atoms with Crippen molar-refractivity contribution in [1.82, 2.24) is 19.8 Å². The first-order valence-electron chi connectivity index (χ1n) is 12.7. The summed E-state index contributed by atoms with van der Waals surface area (Å²) in [5, 5.41) is 1.00. The number of hydrogen-bond acceptors (Lipinski definition) is 6. The van der Waals surface area contributed by atoms with Crippen LogP contribution in [-0.4, -0.2) is 70.7 Å². The largest absolute Gasteiger partial charge is 0.356 e. The lowest BCUT2D eigenvalue weighted by molar-refractivity contribution is -0.130. The summed E-state index contributed by atoms with van der Waals surface area (Å²) in [4.78, 5) is 28.8. The van der Waals surface area contributed by atoms with E-state index in [0.717, 1.165) is 32.0 Å².